The largest absolute Gasteiger partial charge is 0.295 e. The molecule has 0 atom stereocenters. The first-order valence-electron chi connectivity index (χ1n) is 27.3. The molecule has 0 spiro atoms. The summed E-state index contributed by atoms with van der Waals surface area (Å²) in [6, 6.07) is 110. The summed E-state index contributed by atoms with van der Waals surface area (Å²) in [6.45, 7) is 0. The van der Waals surface area contributed by atoms with Gasteiger partial charge in [0.1, 0.15) is 11.6 Å². The van der Waals surface area contributed by atoms with E-state index in [1.54, 1.807) is 0 Å². The van der Waals surface area contributed by atoms with Crippen molar-refractivity contribution in [3.63, 3.8) is 0 Å². The Morgan fingerprint density at radius 2 is 0.537 bits per heavy atom. The highest BCUT2D eigenvalue weighted by Gasteiger charge is 2.24. The molecule has 4 nitrogen and oxygen atoms in total. The molecule has 0 amide bonds. The van der Waals surface area contributed by atoms with Crippen LogP contribution in [-0.4, -0.2) is 9.97 Å². The van der Waals surface area contributed by atoms with Crippen LogP contribution in [0, 0.1) is 0 Å². The summed E-state index contributed by atoms with van der Waals surface area (Å²) in [7, 11) is 0. The Hall–Kier alpha value is -10.7. The molecule has 2 aromatic heterocycles. The molecular weight excluding hydrogens is 969 g/mol. The van der Waals surface area contributed by atoms with Gasteiger partial charge in [0.2, 0.25) is 0 Å². The van der Waals surface area contributed by atoms with E-state index in [4.69, 9.17) is 9.97 Å². The van der Waals surface area contributed by atoms with Crippen LogP contribution in [0.5, 0.6) is 0 Å². The molecule has 4 heteroatoms. The first-order chi connectivity index (χ1) is 39.6. The van der Waals surface area contributed by atoms with Crippen LogP contribution >= 0.6 is 0 Å². The maximum absolute atomic E-state index is 5.32. The molecule has 0 saturated heterocycles. The summed E-state index contributed by atoms with van der Waals surface area (Å²) in [6.07, 6.45) is 0. The molecule has 0 radical (unpaired) electrons. The lowest BCUT2D eigenvalue weighted by Crippen LogP contribution is -2.12. The highest BCUT2D eigenvalue weighted by Crippen LogP contribution is 2.49. The Morgan fingerprint density at radius 1 is 0.200 bits per heavy atom. The molecule has 15 rings (SSSR count). The van der Waals surface area contributed by atoms with Gasteiger partial charge < -0.3 is 0 Å². The van der Waals surface area contributed by atoms with Crippen LogP contribution in [0.1, 0.15) is 0 Å². The first kappa shape index (κ1) is 46.6. The SMILES string of the molecule is c1ccc(N(c2ccc3c(-c4ccc(-c5ccc6ccccc6c5)cc4)c(-c4ccc(-c5ccc6ccccc6c5)cc4)c4ccc(N(c5ccccc5)c5ccc6ccccc6n5)cc4c3c2)c2ccc3ccccc3n2)cc1. The van der Waals surface area contributed by atoms with E-state index in [9.17, 15) is 0 Å². The predicted molar refractivity (Wildman–Crippen MR) is 338 cm³/mol. The van der Waals surface area contributed by atoms with Gasteiger partial charge in [0, 0.05) is 33.5 Å². The third-order valence-electron chi connectivity index (χ3n) is 15.8. The minimum absolute atomic E-state index is 0.838. The Morgan fingerprint density at radius 3 is 0.963 bits per heavy atom. The van der Waals surface area contributed by atoms with E-state index in [0.717, 1.165) is 88.9 Å². The van der Waals surface area contributed by atoms with Gasteiger partial charge in [-0.3, -0.25) is 9.80 Å². The molecule has 0 saturated carbocycles. The summed E-state index contributed by atoms with van der Waals surface area (Å²) in [4.78, 5) is 15.2. The van der Waals surface area contributed by atoms with Crippen molar-refractivity contribution in [3.8, 4) is 44.5 Å². The van der Waals surface area contributed by atoms with Crippen LogP contribution in [0.3, 0.4) is 0 Å². The third kappa shape index (κ3) is 8.44. The van der Waals surface area contributed by atoms with Gasteiger partial charge >= 0.3 is 0 Å². The molecule has 0 aliphatic heterocycles. The van der Waals surface area contributed by atoms with Gasteiger partial charge in [-0.1, -0.05) is 206 Å². The van der Waals surface area contributed by atoms with Crippen molar-refractivity contribution in [2.24, 2.45) is 0 Å². The Kier molecular flexibility index (Phi) is 11.5. The molecule has 374 valence electrons. The lowest BCUT2D eigenvalue weighted by atomic mass is 9.84. The summed E-state index contributed by atoms with van der Waals surface area (Å²) >= 11 is 0. The van der Waals surface area contributed by atoms with Crippen molar-refractivity contribution in [2.75, 3.05) is 9.80 Å². The van der Waals surface area contributed by atoms with Gasteiger partial charge in [-0.15, -0.1) is 0 Å². The van der Waals surface area contributed by atoms with Gasteiger partial charge in [-0.25, -0.2) is 9.97 Å². The van der Waals surface area contributed by atoms with Crippen LogP contribution in [0.15, 0.2) is 303 Å². The molecule has 0 unspecified atom stereocenters. The number of rotatable bonds is 10. The molecular formula is C76H50N4. The predicted octanol–water partition coefficient (Wildman–Crippen LogP) is 21.0. The summed E-state index contributed by atoms with van der Waals surface area (Å²) in [5.41, 5.74) is 15.2. The van der Waals surface area contributed by atoms with Crippen molar-refractivity contribution in [1.29, 1.82) is 0 Å². The third-order valence-corrected chi connectivity index (χ3v) is 15.8. The van der Waals surface area contributed by atoms with Gasteiger partial charge in [-0.05, 0) is 185 Å². The summed E-state index contributed by atoms with van der Waals surface area (Å²) in [5.74, 6) is 1.68. The van der Waals surface area contributed by atoms with E-state index in [2.05, 4.69) is 313 Å². The zero-order valence-corrected chi connectivity index (χ0v) is 43.7. The summed E-state index contributed by atoms with van der Waals surface area (Å²) in [5, 5.41) is 11.6. The van der Waals surface area contributed by atoms with E-state index in [1.165, 1.54) is 54.9 Å². The van der Waals surface area contributed by atoms with Crippen LogP contribution in [-0.2, 0) is 0 Å². The lowest BCUT2D eigenvalue weighted by Gasteiger charge is -2.27. The fourth-order valence-corrected chi connectivity index (χ4v) is 11.8. The zero-order valence-electron chi connectivity index (χ0n) is 43.7. The zero-order chi connectivity index (χ0) is 52.9. The fourth-order valence-electron chi connectivity index (χ4n) is 11.8. The number of aromatic nitrogens is 2. The Labute approximate surface area is 464 Å². The highest BCUT2D eigenvalue weighted by molar-refractivity contribution is 6.23. The number of fused-ring (bicyclic) bond motifs is 7. The topological polar surface area (TPSA) is 32.3 Å². The van der Waals surface area contributed by atoms with Gasteiger partial charge in [0.25, 0.3) is 0 Å². The van der Waals surface area contributed by atoms with Crippen molar-refractivity contribution >= 4 is 99.3 Å². The number of anilines is 6. The molecule has 0 fully saturated rings. The Bertz CT molecular complexity index is 4510. The van der Waals surface area contributed by atoms with Crippen LogP contribution in [0.4, 0.5) is 34.4 Å². The number of hydrogen-bond acceptors (Lipinski definition) is 4. The van der Waals surface area contributed by atoms with Crippen molar-refractivity contribution < 1.29 is 0 Å². The van der Waals surface area contributed by atoms with Crippen LogP contribution in [0.25, 0.3) is 109 Å². The minimum Gasteiger partial charge on any atom is -0.295 e. The normalized spacial score (nSPS) is 11.5. The highest BCUT2D eigenvalue weighted by atomic mass is 15.2. The second kappa shape index (κ2) is 19.7. The Balaban J connectivity index is 0.998. The second-order valence-corrected chi connectivity index (χ2v) is 20.6. The quantitative estimate of drug-likeness (QED) is 0.128. The number of pyridine rings is 2. The molecule has 13 aromatic carbocycles. The van der Waals surface area contributed by atoms with E-state index in [0.29, 0.717) is 0 Å². The standard InChI is InChI=1S/C76H50N4/c1-3-21-63(22-4-1)79(73-45-39-55-17-11-13-25-71(55)77-73)65-41-43-67-69(49-65)70-50-66(80(64-23-5-2-6-24-64)74-46-40-56-18-12-14-26-72(56)78-74)42-44-68(70)76(58-35-29-54(30-36-58)62-38-32-52-16-8-10-20-60(52)48-62)75(67)57-33-27-53(28-34-57)61-37-31-51-15-7-9-19-59(51)47-61/h1-50H. The lowest BCUT2D eigenvalue weighted by molar-refractivity contribution is 1.21. The molecule has 0 bridgehead atoms. The van der Waals surface area contributed by atoms with E-state index in [-0.39, 0.29) is 0 Å². The number of nitrogens with zero attached hydrogens (tertiary/aromatic N) is 4. The number of hydrogen-bond donors (Lipinski definition) is 0. The van der Waals surface area contributed by atoms with Crippen molar-refractivity contribution in [2.45, 2.75) is 0 Å². The minimum atomic E-state index is 0.838. The average Bonchev–Trinajstić information content (AvgIpc) is 3.65. The van der Waals surface area contributed by atoms with E-state index >= 15 is 0 Å². The number of para-hydroxylation sites is 4. The average molecular weight is 1020 g/mol. The molecule has 80 heavy (non-hydrogen) atoms. The molecule has 15 aromatic rings. The maximum Gasteiger partial charge on any atom is 0.138 e. The van der Waals surface area contributed by atoms with Crippen molar-refractivity contribution in [3.05, 3.63) is 303 Å². The van der Waals surface area contributed by atoms with Crippen LogP contribution in [0.2, 0.25) is 0 Å². The molecule has 0 N–H and O–H groups in total. The second-order valence-electron chi connectivity index (χ2n) is 20.6. The summed E-state index contributed by atoms with van der Waals surface area (Å²) < 4.78 is 0. The van der Waals surface area contributed by atoms with Gasteiger partial charge in [0.05, 0.1) is 11.0 Å². The fraction of sp³-hybridized carbons (Fsp3) is 0. The van der Waals surface area contributed by atoms with E-state index < -0.39 is 0 Å². The molecule has 0 aliphatic carbocycles. The van der Waals surface area contributed by atoms with Gasteiger partial charge in [-0.2, -0.15) is 0 Å². The first-order valence-corrected chi connectivity index (χ1v) is 27.3. The smallest absolute Gasteiger partial charge is 0.138 e. The van der Waals surface area contributed by atoms with Crippen molar-refractivity contribution in [1.82, 2.24) is 9.97 Å². The monoisotopic (exact) mass is 1020 g/mol. The molecule has 0 aliphatic rings. The molecule has 2 heterocycles. The number of benzene rings is 13. The van der Waals surface area contributed by atoms with Gasteiger partial charge in [0.15, 0.2) is 0 Å². The van der Waals surface area contributed by atoms with E-state index in [1.807, 2.05) is 0 Å². The maximum atomic E-state index is 5.32. The van der Waals surface area contributed by atoms with Crippen LogP contribution < -0.4 is 9.80 Å².